The van der Waals surface area contributed by atoms with Gasteiger partial charge >= 0.3 is 0 Å². The van der Waals surface area contributed by atoms with E-state index in [1.807, 2.05) is 0 Å². The Balaban J connectivity index is 2.38. The van der Waals surface area contributed by atoms with Crippen molar-refractivity contribution >= 4 is 17.4 Å². The van der Waals surface area contributed by atoms with Crippen molar-refractivity contribution < 1.29 is 4.79 Å². The van der Waals surface area contributed by atoms with Gasteiger partial charge in [0, 0.05) is 33.3 Å². The minimum Gasteiger partial charge on any atom is -0.394 e. The number of anilines is 2. The first-order valence-corrected chi connectivity index (χ1v) is 4.37. The second-order valence-corrected chi connectivity index (χ2v) is 2.96. The third-order valence-corrected chi connectivity index (χ3v) is 1.78. The first kappa shape index (κ1) is 10.4. The highest BCUT2D eigenvalue weighted by Gasteiger charge is 2.03. The molecular weight excluding hydrogens is 182 g/mol. The summed E-state index contributed by atoms with van der Waals surface area (Å²) in [6.07, 6.45) is 2.12. The molecule has 0 aliphatic carbocycles. The van der Waals surface area contributed by atoms with Crippen molar-refractivity contribution in [3.63, 3.8) is 0 Å². The summed E-state index contributed by atoms with van der Waals surface area (Å²) in [4.78, 5) is 10.9. The Morgan fingerprint density at radius 1 is 1.71 bits per heavy atom. The lowest BCUT2D eigenvalue weighted by Crippen LogP contribution is -2.21. The standard InChI is InChI=1S/C8H15N5O/c1-10-7(14)3-4-11-8-6(9)5-13(2)12-8/h5H,3-4,9H2,1-2H3,(H,10,14)(H,11,12). The van der Waals surface area contributed by atoms with Gasteiger partial charge in [-0.15, -0.1) is 0 Å². The van der Waals surface area contributed by atoms with E-state index in [4.69, 9.17) is 5.73 Å². The third kappa shape index (κ3) is 2.65. The molecule has 0 unspecified atom stereocenters. The van der Waals surface area contributed by atoms with E-state index in [0.29, 0.717) is 24.5 Å². The van der Waals surface area contributed by atoms with Gasteiger partial charge in [-0.1, -0.05) is 0 Å². The molecule has 1 aromatic heterocycles. The number of amides is 1. The van der Waals surface area contributed by atoms with Gasteiger partial charge < -0.3 is 16.4 Å². The molecule has 14 heavy (non-hydrogen) atoms. The summed E-state index contributed by atoms with van der Waals surface area (Å²) in [5, 5.41) is 9.60. The van der Waals surface area contributed by atoms with Gasteiger partial charge in [-0.2, -0.15) is 5.10 Å². The number of nitrogens with one attached hydrogen (secondary N) is 2. The first-order chi connectivity index (χ1) is 6.63. The summed E-state index contributed by atoms with van der Waals surface area (Å²) >= 11 is 0. The van der Waals surface area contributed by atoms with Crippen LogP contribution in [-0.2, 0) is 11.8 Å². The van der Waals surface area contributed by atoms with Crippen molar-refractivity contribution in [1.29, 1.82) is 0 Å². The van der Waals surface area contributed by atoms with Crippen LogP contribution in [0.1, 0.15) is 6.42 Å². The molecule has 0 fully saturated rings. The predicted octanol–water partition coefficient (Wildman–Crippen LogP) is -0.450. The minimum absolute atomic E-state index is 0.00741. The van der Waals surface area contributed by atoms with E-state index < -0.39 is 0 Å². The van der Waals surface area contributed by atoms with Gasteiger partial charge in [0.05, 0.1) is 5.69 Å². The number of carbonyl (C=O) groups is 1. The van der Waals surface area contributed by atoms with Crippen molar-refractivity contribution in [1.82, 2.24) is 15.1 Å². The lowest BCUT2D eigenvalue weighted by Gasteiger charge is -2.02. The number of hydrogen-bond acceptors (Lipinski definition) is 4. The molecular formula is C8H15N5O. The van der Waals surface area contributed by atoms with Gasteiger partial charge in [-0.05, 0) is 0 Å². The van der Waals surface area contributed by atoms with Crippen molar-refractivity contribution in [2.45, 2.75) is 6.42 Å². The lowest BCUT2D eigenvalue weighted by atomic mass is 10.4. The fourth-order valence-corrected chi connectivity index (χ4v) is 1.06. The Labute approximate surface area is 82.5 Å². The number of rotatable bonds is 4. The van der Waals surface area contributed by atoms with Gasteiger partial charge in [0.25, 0.3) is 0 Å². The van der Waals surface area contributed by atoms with E-state index in [1.165, 1.54) is 0 Å². The van der Waals surface area contributed by atoms with Crippen LogP contribution in [0.5, 0.6) is 0 Å². The maximum absolute atomic E-state index is 10.9. The Kier molecular flexibility index (Phi) is 3.33. The van der Waals surface area contributed by atoms with E-state index in [9.17, 15) is 4.79 Å². The Hall–Kier alpha value is -1.72. The molecule has 1 rings (SSSR count). The number of nitrogens with two attached hydrogens (primary N) is 1. The highest BCUT2D eigenvalue weighted by molar-refractivity contribution is 5.76. The van der Waals surface area contributed by atoms with Crippen LogP contribution >= 0.6 is 0 Å². The predicted molar refractivity (Wildman–Crippen MR) is 54.8 cm³/mol. The Morgan fingerprint density at radius 3 is 2.93 bits per heavy atom. The third-order valence-electron chi connectivity index (χ3n) is 1.78. The SMILES string of the molecule is CNC(=O)CCNc1nn(C)cc1N. The molecule has 0 atom stereocenters. The molecule has 0 saturated heterocycles. The Morgan fingerprint density at radius 2 is 2.43 bits per heavy atom. The molecule has 0 aliphatic rings. The van der Waals surface area contributed by atoms with Crippen molar-refractivity contribution in [3.8, 4) is 0 Å². The summed E-state index contributed by atoms with van der Waals surface area (Å²) < 4.78 is 1.62. The van der Waals surface area contributed by atoms with Gasteiger partial charge in [-0.3, -0.25) is 9.48 Å². The second kappa shape index (κ2) is 4.50. The van der Waals surface area contributed by atoms with Crippen LogP contribution in [0.2, 0.25) is 0 Å². The molecule has 1 aromatic rings. The molecule has 0 saturated carbocycles. The highest BCUT2D eigenvalue weighted by atomic mass is 16.1. The molecule has 78 valence electrons. The molecule has 0 aromatic carbocycles. The van der Waals surface area contributed by atoms with E-state index in [1.54, 1.807) is 25.0 Å². The topological polar surface area (TPSA) is 85.0 Å². The summed E-state index contributed by atoms with van der Waals surface area (Å²) in [5.41, 5.74) is 6.23. The number of aromatic nitrogens is 2. The van der Waals surface area contributed by atoms with Crippen LogP contribution in [0, 0.1) is 0 Å². The fourth-order valence-electron chi connectivity index (χ4n) is 1.06. The second-order valence-electron chi connectivity index (χ2n) is 2.96. The fraction of sp³-hybridized carbons (Fsp3) is 0.500. The van der Waals surface area contributed by atoms with Crippen LogP contribution in [-0.4, -0.2) is 29.3 Å². The zero-order chi connectivity index (χ0) is 10.6. The molecule has 0 radical (unpaired) electrons. The highest BCUT2D eigenvalue weighted by Crippen LogP contribution is 2.13. The number of nitrogen functional groups attached to an aromatic ring is 1. The first-order valence-electron chi connectivity index (χ1n) is 4.37. The largest absolute Gasteiger partial charge is 0.394 e. The number of hydrogen-bond donors (Lipinski definition) is 3. The molecule has 0 bridgehead atoms. The smallest absolute Gasteiger partial charge is 0.221 e. The summed E-state index contributed by atoms with van der Waals surface area (Å²) in [7, 11) is 3.40. The van der Waals surface area contributed by atoms with Crippen LogP contribution < -0.4 is 16.4 Å². The summed E-state index contributed by atoms with van der Waals surface area (Å²) in [6.45, 7) is 0.529. The van der Waals surface area contributed by atoms with Gasteiger partial charge in [0.15, 0.2) is 5.82 Å². The average molecular weight is 197 g/mol. The molecule has 4 N–H and O–H groups in total. The zero-order valence-electron chi connectivity index (χ0n) is 8.37. The number of aryl methyl sites for hydroxylation is 1. The lowest BCUT2D eigenvalue weighted by molar-refractivity contribution is -0.120. The molecule has 6 heteroatoms. The molecule has 1 amide bonds. The number of nitrogens with zero attached hydrogens (tertiary/aromatic N) is 2. The van der Waals surface area contributed by atoms with Crippen LogP contribution in [0.25, 0.3) is 0 Å². The van der Waals surface area contributed by atoms with Crippen LogP contribution in [0.15, 0.2) is 6.20 Å². The Bertz CT molecular complexity index is 320. The minimum atomic E-state index is -0.00741. The monoisotopic (exact) mass is 197 g/mol. The zero-order valence-corrected chi connectivity index (χ0v) is 8.37. The quantitative estimate of drug-likeness (QED) is 0.610. The van der Waals surface area contributed by atoms with Crippen molar-refractivity contribution in [2.75, 3.05) is 24.6 Å². The van der Waals surface area contributed by atoms with E-state index in [0.717, 1.165) is 0 Å². The van der Waals surface area contributed by atoms with Crippen molar-refractivity contribution in [2.24, 2.45) is 7.05 Å². The molecule has 1 heterocycles. The van der Waals surface area contributed by atoms with Gasteiger partial charge in [0.2, 0.25) is 5.91 Å². The average Bonchev–Trinajstić information content (AvgIpc) is 2.45. The maximum atomic E-state index is 10.9. The van der Waals surface area contributed by atoms with Crippen LogP contribution in [0.4, 0.5) is 11.5 Å². The van der Waals surface area contributed by atoms with Gasteiger partial charge in [-0.25, -0.2) is 0 Å². The molecule has 0 spiro atoms. The summed E-state index contributed by atoms with van der Waals surface area (Å²) in [6, 6.07) is 0. The molecule has 0 aliphatic heterocycles. The van der Waals surface area contributed by atoms with E-state index >= 15 is 0 Å². The van der Waals surface area contributed by atoms with Crippen molar-refractivity contribution in [3.05, 3.63) is 6.20 Å². The number of carbonyl (C=O) groups excluding carboxylic acids is 1. The normalized spacial score (nSPS) is 9.86. The van der Waals surface area contributed by atoms with Gasteiger partial charge in [0.1, 0.15) is 0 Å². The van der Waals surface area contributed by atoms with Crippen LogP contribution in [0.3, 0.4) is 0 Å². The molecule has 6 nitrogen and oxygen atoms in total. The maximum Gasteiger partial charge on any atom is 0.221 e. The van der Waals surface area contributed by atoms with E-state index in [-0.39, 0.29) is 5.91 Å². The summed E-state index contributed by atoms with van der Waals surface area (Å²) in [5.74, 6) is 0.614. The van der Waals surface area contributed by atoms with E-state index in [2.05, 4.69) is 15.7 Å².